The molecule has 1 aromatic carbocycles. The van der Waals surface area contributed by atoms with Crippen LogP contribution in [-0.2, 0) is 11.3 Å². The molecule has 1 aromatic rings. The highest BCUT2D eigenvalue weighted by Gasteiger charge is 2.33. The van der Waals surface area contributed by atoms with Crippen LogP contribution in [0.25, 0.3) is 0 Å². The van der Waals surface area contributed by atoms with Gasteiger partial charge in [-0.1, -0.05) is 29.8 Å². The van der Waals surface area contributed by atoms with Gasteiger partial charge in [-0.3, -0.25) is 14.6 Å². The fraction of sp³-hybridized carbons (Fsp3) is 0.588. The van der Waals surface area contributed by atoms with Crippen molar-refractivity contribution in [2.45, 2.75) is 19.5 Å². The second-order valence-electron chi connectivity index (χ2n) is 6.36. The number of benzene rings is 1. The topological polar surface area (TPSA) is 26.8 Å². The van der Waals surface area contributed by atoms with Crippen molar-refractivity contribution < 1.29 is 4.79 Å². The average molecular weight is 319 g/mol. The highest BCUT2D eigenvalue weighted by atomic mass is 32.2. The number of hydrogen-bond donors (Lipinski definition) is 0. The molecular weight excluding hydrogens is 294 g/mol. The molecule has 2 fully saturated rings. The lowest BCUT2D eigenvalue weighted by Crippen LogP contribution is -2.53. The van der Waals surface area contributed by atoms with Gasteiger partial charge in [0.2, 0.25) is 5.91 Å². The fourth-order valence-electron chi connectivity index (χ4n) is 3.19. The number of nitrogens with zero attached hydrogens (tertiary/aromatic N) is 3. The number of amides is 1. The lowest BCUT2D eigenvalue weighted by atomic mass is 10.1. The van der Waals surface area contributed by atoms with Crippen LogP contribution in [0, 0.1) is 6.92 Å². The zero-order chi connectivity index (χ0) is 15.5. The van der Waals surface area contributed by atoms with E-state index in [1.807, 2.05) is 11.8 Å². The molecule has 2 aliphatic heterocycles. The molecule has 0 aliphatic carbocycles. The molecule has 0 aromatic heterocycles. The summed E-state index contributed by atoms with van der Waals surface area (Å²) in [6.45, 7) is 6.80. The number of piperazine rings is 1. The largest absolute Gasteiger partial charge is 0.339 e. The van der Waals surface area contributed by atoms with Crippen molar-refractivity contribution in [3.8, 4) is 0 Å². The van der Waals surface area contributed by atoms with Crippen LogP contribution in [0.5, 0.6) is 0 Å². The minimum Gasteiger partial charge on any atom is -0.339 e. The molecule has 0 spiro atoms. The summed E-state index contributed by atoms with van der Waals surface area (Å²) >= 11 is 1.85. The van der Waals surface area contributed by atoms with Crippen LogP contribution in [-0.4, -0.2) is 71.5 Å². The summed E-state index contributed by atoms with van der Waals surface area (Å²) in [5, 5.41) is 0. The van der Waals surface area contributed by atoms with Gasteiger partial charge >= 0.3 is 0 Å². The van der Waals surface area contributed by atoms with Gasteiger partial charge in [0, 0.05) is 44.4 Å². The number of carbonyl (C=O) groups excluding carboxylic acids is 1. The van der Waals surface area contributed by atoms with E-state index < -0.39 is 0 Å². The smallest absolute Gasteiger partial charge is 0.240 e. The Bertz CT molecular complexity index is 528. The molecule has 5 heteroatoms. The molecule has 2 aliphatic rings. The van der Waals surface area contributed by atoms with Crippen LogP contribution < -0.4 is 0 Å². The molecule has 120 valence electrons. The van der Waals surface area contributed by atoms with Gasteiger partial charge in [-0.15, -0.1) is 11.8 Å². The Labute approximate surface area is 137 Å². The molecule has 22 heavy (non-hydrogen) atoms. The maximum atomic E-state index is 12.6. The molecule has 2 saturated heterocycles. The van der Waals surface area contributed by atoms with Crippen molar-refractivity contribution in [3.63, 3.8) is 0 Å². The summed E-state index contributed by atoms with van der Waals surface area (Å²) < 4.78 is 0. The molecular formula is C17H25N3OS. The SMILES string of the molecule is Cc1cccc(CN2CCN(C(=O)[C@@H]3CSCN3C)CC2)c1. The van der Waals surface area contributed by atoms with Crippen molar-refractivity contribution in [2.75, 3.05) is 44.9 Å². The van der Waals surface area contributed by atoms with Crippen LogP contribution in [0.3, 0.4) is 0 Å². The summed E-state index contributed by atoms with van der Waals surface area (Å²) in [5.74, 6) is 2.24. The van der Waals surface area contributed by atoms with E-state index in [-0.39, 0.29) is 6.04 Å². The minimum absolute atomic E-state index is 0.0910. The van der Waals surface area contributed by atoms with Crippen LogP contribution in [0.4, 0.5) is 0 Å². The second-order valence-corrected chi connectivity index (χ2v) is 7.36. The predicted molar refractivity (Wildman–Crippen MR) is 91.9 cm³/mol. The Balaban J connectivity index is 1.51. The van der Waals surface area contributed by atoms with Gasteiger partial charge in [-0.05, 0) is 19.5 Å². The van der Waals surface area contributed by atoms with Crippen molar-refractivity contribution >= 4 is 17.7 Å². The van der Waals surface area contributed by atoms with Gasteiger partial charge in [0.15, 0.2) is 0 Å². The van der Waals surface area contributed by atoms with Crippen molar-refractivity contribution in [2.24, 2.45) is 0 Å². The van der Waals surface area contributed by atoms with Crippen molar-refractivity contribution in [1.82, 2.24) is 14.7 Å². The number of carbonyl (C=O) groups is 1. The quantitative estimate of drug-likeness (QED) is 0.846. The summed E-state index contributed by atoms with van der Waals surface area (Å²) in [6, 6.07) is 8.79. The Morgan fingerprint density at radius 1 is 1.27 bits per heavy atom. The summed E-state index contributed by atoms with van der Waals surface area (Å²) in [5.41, 5.74) is 2.68. The molecule has 0 radical (unpaired) electrons. The van der Waals surface area contributed by atoms with Crippen molar-refractivity contribution in [1.29, 1.82) is 0 Å². The third-order valence-corrected chi connectivity index (χ3v) is 5.70. The van der Waals surface area contributed by atoms with E-state index in [0.29, 0.717) is 5.91 Å². The average Bonchev–Trinajstić information content (AvgIpc) is 2.93. The Kier molecular flexibility index (Phi) is 5.06. The Hall–Kier alpha value is -1.04. The van der Waals surface area contributed by atoms with Crippen LogP contribution in [0.2, 0.25) is 0 Å². The monoisotopic (exact) mass is 319 g/mol. The predicted octanol–water partition coefficient (Wildman–Crippen LogP) is 1.64. The first kappa shape index (κ1) is 15.8. The summed E-state index contributed by atoms with van der Waals surface area (Å²) in [7, 11) is 2.05. The summed E-state index contributed by atoms with van der Waals surface area (Å²) in [4.78, 5) is 19.3. The molecule has 2 heterocycles. The fourth-order valence-corrected chi connectivity index (χ4v) is 4.38. The van der Waals surface area contributed by atoms with Crippen LogP contribution in [0.15, 0.2) is 24.3 Å². The zero-order valence-corrected chi connectivity index (χ0v) is 14.3. The molecule has 3 rings (SSSR count). The third kappa shape index (κ3) is 3.65. The van der Waals surface area contributed by atoms with Gasteiger partial charge in [0.1, 0.15) is 0 Å². The maximum absolute atomic E-state index is 12.6. The van der Waals surface area contributed by atoms with E-state index in [9.17, 15) is 4.79 Å². The van der Waals surface area contributed by atoms with Gasteiger partial charge in [-0.25, -0.2) is 0 Å². The molecule has 0 unspecified atom stereocenters. The number of hydrogen-bond acceptors (Lipinski definition) is 4. The number of rotatable bonds is 3. The Morgan fingerprint density at radius 2 is 2.05 bits per heavy atom. The van der Waals surface area contributed by atoms with E-state index in [4.69, 9.17) is 0 Å². The third-order valence-electron chi connectivity index (χ3n) is 4.56. The number of likely N-dealkylation sites (N-methyl/N-ethyl adjacent to an activating group) is 1. The van der Waals surface area contributed by atoms with Gasteiger partial charge < -0.3 is 4.90 Å². The molecule has 0 N–H and O–H groups in total. The minimum atomic E-state index is 0.0910. The number of aryl methyl sites for hydroxylation is 1. The van der Waals surface area contributed by atoms with E-state index in [1.54, 1.807) is 0 Å². The normalized spacial score (nSPS) is 23.9. The lowest BCUT2D eigenvalue weighted by Gasteiger charge is -2.36. The highest BCUT2D eigenvalue weighted by molar-refractivity contribution is 7.99. The van der Waals surface area contributed by atoms with Gasteiger partial charge in [-0.2, -0.15) is 0 Å². The number of thioether (sulfide) groups is 1. The second kappa shape index (κ2) is 7.02. The van der Waals surface area contributed by atoms with E-state index >= 15 is 0 Å². The lowest BCUT2D eigenvalue weighted by molar-refractivity contribution is -0.137. The molecule has 1 atom stereocenters. The molecule has 0 bridgehead atoms. The molecule has 1 amide bonds. The van der Waals surface area contributed by atoms with Crippen LogP contribution >= 0.6 is 11.8 Å². The first-order chi connectivity index (χ1) is 10.6. The zero-order valence-electron chi connectivity index (χ0n) is 13.5. The van der Waals surface area contributed by atoms with E-state index in [2.05, 4.69) is 52.9 Å². The highest BCUT2D eigenvalue weighted by Crippen LogP contribution is 2.21. The van der Waals surface area contributed by atoms with Gasteiger partial charge in [0.25, 0.3) is 0 Å². The molecule has 4 nitrogen and oxygen atoms in total. The van der Waals surface area contributed by atoms with Gasteiger partial charge in [0.05, 0.1) is 6.04 Å². The van der Waals surface area contributed by atoms with Crippen LogP contribution in [0.1, 0.15) is 11.1 Å². The van der Waals surface area contributed by atoms with Crippen molar-refractivity contribution in [3.05, 3.63) is 35.4 Å². The van der Waals surface area contributed by atoms with E-state index in [1.165, 1.54) is 11.1 Å². The first-order valence-electron chi connectivity index (χ1n) is 7.98. The van der Waals surface area contributed by atoms with E-state index in [0.717, 1.165) is 44.4 Å². The first-order valence-corrected chi connectivity index (χ1v) is 9.13. The maximum Gasteiger partial charge on any atom is 0.240 e. The molecule has 0 saturated carbocycles. The standard InChI is InChI=1S/C17H25N3OS/c1-14-4-3-5-15(10-14)11-19-6-8-20(9-7-19)17(21)16-12-22-13-18(16)2/h3-5,10,16H,6-9,11-13H2,1-2H3/t16-/m0/s1. The summed E-state index contributed by atoms with van der Waals surface area (Å²) in [6.07, 6.45) is 0. The Morgan fingerprint density at radius 3 is 2.68 bits per heavy atom.